The van der Waals surface area contributed by atoms with E-state index in [-0.39, 0.29) is 5.54 Å². The lowest BCUT2D eigenvalue weighted by atomic mass is 9.83. The second-order valence-electron chi connectivity index (χ2n) is 6.36. The van der Waals surface area contributed by atoms with E-state index in [1.54, 1.807) is 6.33 Å². The molecule has 96 valence electrons. The molecule has 0 bridgehead atoms. The van der Waals surface area contributed by atoms with Gasteiger partial charge < -0.3 is 5.73 Å². The van der Waals surface area contributed by atoms with E-state index in [2.05, 4.69) is 23.9 Å². The highest BCUT2D eigenvalue weighted by atomic mass is 15.3. The van der Waals surface area contributed by atoms with Gasteiger partial charge in [-0.15, -0.1) is 0 Å². The third-order valence-electron chi connectivity index (χ3n) is 4.14. The van der Waals surface area contributed by atoms with Crippen molar-refractivity contribution in [3.05, 3.63) is 12.2 Å². The molecule has 1 aliphatic carbocycles. The minimum Gasteiger partial charge on any atom is -0.325 e. The minimum atomic E-state index is -0.0887. The highest BCUT2D eigenvalue weighted by Crippen LogP contribution is 2.38. The van der Waals surface area contributed by atoms with Crippen LogP contribution in [0.1, 0.15) is 51.8 Å². The summed E-state index contributed by atoms with van der Waals surface area (Å²) in [5.41, 5.74) is 6.92. The van der Waals surface area contributed by atoms with E-state index < -0.39 is 0 Å². The molecular weight excluding hydrogens is 212 g/mol. The van der Waals surface area contributed by atoms with Gasteiger partial charge in [0.15, 0.2) is 0 Å². The number of hydrogen-bond acceptors (Lipinski definition) is 3. The second-order valence-corrected chi connectivity index (χ2v) is 6.36. The van der Waals surface area contributed by atoms with Crippen molar-refractivity contribution < 1.29 is 0 Å². The van der Waals surface area contributed by atoms with Crippen molar-refractivity contribution in [3.63, 3.8) is 0 Å². The molecule has 1 atom stereocenters. The summed E-state index contributed by atoms with van der Waals surface area (Å²) in [6.07, 6.45) is 8.36. The highest BCUT2D eigenvalue weighted by molar-refractivity contribution is 4.99. The van der Waals surface area contributed by atoms with Gasteiger partial charge in [-0.05, 0) is 31.1 Å². The summed E-state index contributed by atoms with van der Waals surface area (Å²) < 4.78 is 1.84. The van der Waals surface area contributed by atoms with Gasteiger partial charge in [-0.25, -0.2) is 4.98 Å². The fraction of sp³-hybridized carbons (Fsp3) is 0.846. The molecule has 1 saturated carbocycles. The third kappa shape index (κ3) is 3.06. The van der Waals surface area contributed by atoms with Gasteiger partial charge in [-0.1, -0.05) is 20.3 Å². The van der Waals surface area contributed by atoms with Crippen molar-refractivity contribution in [3.8, 4) is 0 Å². The average molecular weight is 236 g/mol. The van der Waals surface area contributed by atoms with E-state index in [0.717, 1.165) is 25.1 Å². The van der Waals surface area contributed by atoms with Crippen LogP contribution in [0.4, 0.5) is 0 Å². The Labute approximate surface area is 104 Å². The Bertz CT molecular complexity index is 383. The summed E-state index contributed by atoms with van der Waals surface area (Å²) in [7, 11) is 1.94. The van der Waals surface area contributed by atoms with E-state index in [9.17, 15) is 0 Å². The number of nitrogens with zero attached hydrogens (tertiary/aromatic N) is 3. The predicted molar refractivity (Wildman–Crippen MR) is 68.5 cm³/mol. The Morgan fingerprint density at radius 3 is 2.71 bits per heavy atom. The van der Waals surface area contributed by atoms with E-state index >= 15 is 0 Å². The van der Waals surface area contributed by atoms with Crippen molar-refractivity contribution in [2.24, 2.45) is 18.2 Å². The van der Waals surface area contributed by atoms with Gasteiger partial charge in [0, 0.05) is 19.0 Å². The van der Waals surface area contributed by atoms with Crippen LogP contribution in [0.15, 0.2) is 6.33 Å². The zero-order chi connectivity index (χ0) is 12.5. The van der Waals surface area contributed by atoms with Crippen LogP contribution in [-0.4, -0.2) is 20.3 Å². The Kier molecular flexibility index (Phi) is 3.25. The summed E-state index contributed by atoms with van der Waals surface area (Å²) in [5, 5.41) is 4.12. The number of aryl methyl sites for hydroxylation is 1. The molecule has 1 heterocycles. The molecule has 0 aromatic carbocycles. The van der Waals surface area contributed by atoms with Crippen LogP contribution < -0.4 is 5.73 Å². The van der Waals surface area contributed by atoms with Crippen molar-refractivity contribution >= 4 is 0 Å². The van der Waals surface area contributed by atoms with Gasteiger partial charge in [-0.2, -0.15) is 5.10 Å². The first-order valence-corrected chi connectivity index (χ1v) is 6.52. The number of hydrogen-bond donors (Lipinski definition) is 1. The monoisotopic (exact) mass is 236 g/mol. The van der Waals surface area contributed by atoms with Crippen LogP contribution in [0.5, 0.6) is 0 Å². The molecule has 1 unspecified atom stereocenters. The molecule has 2 rings (SSSR count). The first kappa shape index (κ1) is 12.6. The molecule has 1 aliphatic rings. The maximum Gasteiger partial charge on any atom is 0.138 e. The Morgan fingerprint density at radius 2 is 2.06 bits per heavy atom. The molecule has 0 amide bonds. The summed E-state index contributed by atoms with van der Waals surface area (Å²) in [6, 6.07) is 0. The molecule has 2 N–H and O–H groups in total. The van der Waals surface area contributed by atoms with Crippen LogP contribution in [-0.2, 0) is 13.5 Å². The summed E-state index contributed by atoms with van der Waals surface area (Å²) in [4.78, 5) is 4.29. The van der Waals surface area contributed by atoms with Crippen LogP contribution in [0.25, 0.3) is 0 Å². The van der Waals surface area contributed by atoms with Gasteiger partial charge in [0.2, 0.25) is 0 Å². The Hall–Kier alpha value is -0.900. The van der Waals surface area contributed by atoms with Crippen molar-refractivity contribution in [1.29, 1.82) is 0 Å². The largest absolute Gasteiger partial charge is 0.325 e. The normalized spacial score (nSPS) is 28.9. The molecule has 1 aromatic rings. The molecule has 1 fully saturated rings. The fourth-order valence-electron chi connectivity index (χ4n) is 2.73. The number of rotatable bonds is 2. The molecule has 0 radical (unpaired) electrons. The smallest absolute Gasteiger partial charge is 0.138 e. The molecule has 0 aliphatic heterocycles. The number of nitrogens with two attached hydrogens (primary N) is 1. The molecule has 0 spiro atoms. The molecule has 1 aromatic heterocycles. The van der Waals surface area contributed by atoms with Gasteiger partial charge >= 0.3 is 0 Å². The standard InChI is InChI=1S/C13H24N4/c1-12(2)5-4-6-13(14,8-7-12)9-11-15-10-16-17(11)3/h10H,4-9,14H2,1-3H3. The maximum atomic E-state index is 6.56. The maximum absolute atomic E-state index is 6.56. The molecule has 4 heteroatoms. The Morgan fingerprint density at radius 1 is 1.29 bits per heavy atom. The zero-order valence-corrected chi connectivity index (χ0v) is 11.2. The summed E-state index contributed by atoms with van der Waals surface area (Å²) >= 11 is 0. The summed E-state index contributed by atoms with van der Waals surface area (Å²) in [6.45, 7) is 4.70. The minimum absolute atomic E-state index is 0.0887. The van der Waals surface area contributed by atoms with Crippen molar-refractivity contribution in [2.45, 2.75) is 57.9 Å². The van der Waals surface area contributed by atoms with E-state index in [0.29, 0.717) is 5.41 Å². The van der Waals surface area contributed by atoms with Crippen LogP contribution >= 0.6 is 0 Å². The fourth-order valence-corrected chi connectivity index (χ4v) is 2.73. The second kappa shape index (κ2) is 4.41. The highest BCUT2D eigenvalue weighted by Gasteiger charge is 2.33. The van der Waals surface area contributed by atoms with Gasteiger partial charge in [0.25, 0.3) is 0 Å². The first-order valence-electron chi connectivity index (χ1n) is 6.52. The average Bonchev–Trinajstić information content (AvgIpc) is 2.55. The number of aromatic nitrogens is 3. The summed E-state index contributed by atoms with van der Waals surface area (Å²) in [5.74, 6) is 1.01. The van der Waals surface area contributed by atoms with Gasteiger partial charge in [-0.3, -0.25) is 4.68 Å². The topological polar surface area (TPSA) is 56.7 Å². The quantitative estimate of drug-likeness (QED) is 0.799. The van der Waals surface area contributed by atoms with Crippen LogP contribution in [0.3, 0.4) is 0 Å². The predicted octanol–water partition coefficient (Wildman–Crippen LogP) is 2.05. The SMILES string of the molecule is Cn1ncnc1CC1(N)CCCC(C)(C)CC1. The molecular formula is C13H24N4. The lowest BCUT2D eigenvalue weighted by molar-refractivity contribution is 0.294. The van der Waals surface area contributed by atoms with Gasteiger partial charge in [0.05, 0.1) is 0 Å². The molecule has 17 heavy (non-hydrogen) atoms. The van der Waals surface area contributed by atoms with E-state index in [1.807, 2.05) is 11.7 Å². The van der Waals surface area contributed by atoms with Crippen molar-refractivity contribution in [2.75, 3.05) is 0 Å². The zero-order valence-electron chi connectivity index (χ0n) is 11.2. The molecule has 0 saturated heterocycles. The first-order chi connectivity index (χ1) is 7.90. The third-order valence-corrected chi connectivity index (χ3v) is 4.14. The van der Waals surface area contributed by atoms with Crippen LogP contribution in [0, 0.1) is 5.41 Å². The Balaban J connectivity index is 2.06. The van der Waals surface area contributed by atoms with E-state index in [4.69, 9.17) is 5.73 Å². The van der Waals surface area contributed by atoms with E-state index in [1.165, 1.54) is 19.3 Å². The van der Waals surface area contributed by atoms with Gasteiger partial charge in [0.1, 0.15) is 12.2 Å². The van der Waals surface area contributed by atoms with Crippen molar-refractivity contribution in [1.82, 2.24) is 14.8 Å². The van der Waals surface area contributed by atoms with Crippen LogP contribution in [0.2, 0.25) is 0 Å². The lowest BCUT2D eigenvalue weighted by Gasteiger charge is -2.28. The lowest BCUT2D eigenvalue weighted by Crippen LogP contribution is -2.42. The molecule has 4 nitrogen and oxygen atoms in total.